The number of benzene rings is 1. The Morgan fingerprint density at radius 3 is 2.58 bits per heavy atom. The van der Waals surface area contributed by atoms with Crippen LogP contribution in [0, 0.1) is 5.92 Å². The van der Waals surface area contributed by atoms with E-state index in [2.05, 4.69) is 22.8 Å². The first-order valence-corrected chi connectivity index (χ1v) is 9.04. The molecule has 0 atom stereocenters. The third kappa shape index (κ3) is 7.68. The number of ether oxygens (including phenoxy) is 2. The summed E-state index contributed by atoms with van der Waals surface area (Å²) >= 11 is 0. The van der Waals surface area contributed by atoms with Crippen LogP contribution in [0.1, 0.15) is 38.2 Å². The highest BCUT2D eigenvalue weighted by Crippen LogP contribution is 2.31. The molecule has 2 N–H and O–H groups in total. The van der Waals surface area contributed by atoms with Gasteiger partial charge in [0.2, 0.25) is 0 Å². The van der Waals surface area contributed by atoms with Gasteiger partial charge in [-0.2, -0.15) is 0 Å². The lowest BCUT2D eigenvalue weighted by Crippen LogP contribution is -2.38. The van der Waals surface area contributed by atoms with Crippen molar-refractivity contribution < 1.29 is 9.47 Å². The average Bonchev–Trinajstić information content (AvgIpc) is 3.43. The third-order valence-corrected chi connectivity index (χ3v) is 4.08. The van der Waals surface area contributed by atoms with Crippen molar-refractivity contribution in [2.24, 2.45) is 10.9 Å². The van der Waals surface area contributed by atoms with Crippen molar-refractivity contribution in [3.63, 3.8) is 0 Å². The highest BCUT2D eigenvalue weighted by atomic mass is 16.5. The van der Waals surface area contributed by atoms with Crippen molar-refractivity contribution in [3.8, 4) is 5.75 Å². The van der Waals surface area contributed by atoms with Gasteiger partial charge in [-0.05, 0) is 43.4 Å². The van der Waals surface area contributed by atoms with Gasteiger partial charge in [0.25, 0.3) is 0 Å². The van der Waals surface area contributed by atoms with Crippen molar-refractivity contribution >= 4 is 5.96 Å². The van der Waals surface area contributed by atoms with E-state index in [0.29, 0.717) is 6.54 Å². The average molecular weight is 333 g/mol. The lowest BCUT2D eigenvalue weighted by atomic mass is 10.2. The monoisotopic (exact) mass is 333 g/mol. The van der Waals surface area contributed by atoms with E-state index in [1.807, 2.05) is 19.1 Å². The zero-order valence-corrected chi connectivity index (χ0v) is 15.0. The molecule has 1 aliphatic carbocycles. The van der Waals surface area contributed by atoms with Crippen LogP contribution in [0.3, 0.4) is 0 Å². The second-order valence-electron chi connectivity index (χ2n) is 6.15. The van der Waals surface area contributed by atoms with E-state index in [9.17, 15) is 0 Å². The molecular formula is C19H31N3O2. The van der Waals surface area contributed by atoms with E-state index < -0.39 is 0 Å². The molecule has 2 rings (SSSR count). The minimum Gasteiger partial charge on any atom is -0.497 e. The van der Waals surface area contributed by atoms with E-state index in [1.54, 1.807) is 7.11 Å². The Hall–Kier alpha value is -1.75. The second-order valence-corrected chi connectivity index (χ2v) is 6.15. The third-order valence-electron chi connectivity index (χ3n) is 4.08. The number of nitrogens with zero attached hydrogens (tertiary/aromatic N) is 1. The first kappa shape index (κ1) is 18.6. The Morgan fingerprint density at radius 2 is 1.92 bits per heavy atom. The van der Waals surface area contributed by atoms with Gasteiger partial charge < -0.3 is 20.1 Å². The van der Waals surface area contributed by atoms with Crippen LogP contribution in [0.15, 0.2) is 29.3 Å². The van der Waals surface area contributed by atoms with Gasteiger partial charge in [-0.1, -0.05) is 25.0 Å². The number of aliphatic imine (C=N–C) groups is 1. The van der Waals surface area contributed by atoms with Gasteiger partial charge in [0.1, 0.15) is 5.75 Å². The van der Waals surface area contributed by atoms with E-state index in [-0.39, 0.29) is 0 Å². The largest absolute Gasteiger partial charge is 0.497 e. The number of hydrogen-bond acceptors (Lipinski definition) is 3. The van der Waals surface area contributed by atoms with Crippen LogP contribution in [-0.2, 0) is 11.3 Å². The quantitative estimate of drug-likeness (QED) is 0.371. The van der Waals surface area contributed by atoms with Crippen LogP contribution in [-0.4, -0.2) is 39.4 Å². The minimum absolute atomic E-state index is 0.661. The van der Waals surface area contributed by atoms with Crippen LogP contribution < -0.4 is 15.4 Å². The molecule has 1 aliphatic rings. The summed E-state index contributed by atoms with van der Waals surface area (Å²) in [7, 11) is 1.68. The molecule has 0 spiro atoms. The summed E-state index contributed by atoms with van der Waals surface area (Å²) in [5.74, 6) is 2.70. The van der Waals surface area contributed by atoms with Gasteiger partial charge >= 0.3 is 0 Å². The predicted octanol–water partition coefficient (Wildman–Crippen LogP) is 2.96. The van der Waals surface area contributed by atoms with Gasteiger partial charge in [-0.15, -0.1) is 0 Å². The predicted molar refractivity (Wildman–Crippen MR) is 98.6 cm³/mol. The summed E-state index contributed by atoms with van der Waals surface area (Å²) in [5, 5.41) is 6.85. The number of rotatable bonds is 11. The normalized spacial score (nSPS) is 14.5. The molecule has 1 fully saturated rings. The lowest BCUT2D eigenvalue weighted by Gasteiger charge is -2.12. The summed E-state index contributed by atoms with van der Waals surface area (Å²) in [6.07, 6.45) is 5.01. The Labute approximate surface area is 145 Å². The van der Waals surface area contributed by atoms with Gasteiger partial charge in [-0.3, -0.25) is 0 Å². The molecule has 5 nitrogen and oxygen atoms in total. The molecular weight excluding hydrogens is 302 g/mol. The smallest absolute Gasteiger partial charge is 0.191 e. The SMILES string of the molecule is CCOCCCNC(=NCc1ccc(OC)cc1)NCCC1CC1. The maximum Gasteiger partial charge on any atom is 0.191 e. The number of nitrogens with one attached hydrogen (secondary N) is 2. The van der Waals surface area contributed by atoms with Gasteiger partial charge in [0.15, 0.2) is 5.96 Å². The zero-order valence-electron chi connectivity index (χ0n) is 15.0. The van der Waals surface area contributed by atoms with Crippen LogP contribution in [0.5, 0.6) is 5.75 Å². The lowest BCUT2D eigenvalue weighted by molar-refractivity contribution is 0.145. The Morgan fingerprint density at radius 1 is 1.17 bits per heavy atom. The van der Waals surface area contributed by atoms with Crippen molar-refractivity contribution in [3.05, 3.63) is 29.8 Å². The molecule has 0 unspecified atom stereocenters. The van der Waals surface area contributed by atoms with Crippen LogP contribution in [0.4, 0.5) is 0 Å². The molecule has 134 valence electrons. The molecule has 1 saturated carbocycles. The molecule has 24 heavy (non-hydrogen) atoms. The molecule has 0 amide bonds. The van der Waals surface area contributed by atoms with Crippen molar-refractivity contribution in [1.82, 2.24) is 10.6 Å². The van der Waals surface area contributed by atoms with Crippen molar-refractivity contribution in [1.29, 1.82) is 0 Å². The van der Waals surface area contributed by atoms with E-state index in [4.69, 9.17) is 14.5 Å². The highest BCUT2D eigenvalue weighted by molar-refractivity contribution is 5.79. The second kappa shape index (κ2) is 10.9. The Balaban J connectivity index is 1.78. The van der Waals surface area contributed by atoms with Crippen molar-refractivity contribution in [2.75, 3.05) is 33.4 Å². The molecule has 0 saturated heterocycles. The Bertz CT molecular complexity index is 484. The van der Waals surface area contributed by atoms with E-state index >= 15 is 0 Å². The Kier molecular flexibility index (Phi) is 8.46. The molecule has 1 aromatic carbocycles. The highest BCUT2D eigenvalue weighted by Gasteiger charge is 2.20. The molecule has 0 radical (unpaired) electrons. The summed E-state index contributed by atoms with van der Waals surface area (Å²) < 4.78 is 10.6. The summed E-state index contributed by atoms with van der Waals surface area (Å²) in [5.41, 5.74) is 1.17. The van der Waals surface area contributed by atoms with Gasteiger partial charge in [0, 0.05) is 26.3 Å². The van der Waals surface area contributed by atoms with Crippen LogP contribution >= 0.6 is 0 Å². The number of guanidine groups is 1. The number of methoxy groups -OCH3 is 1. The summed E-state index contributed by atoms with van der Waals surface area (Å²) in [4.78, 5) is 4.70. The number of hydrogen-bond donors (Lipinski definition) is 2. The minimum atomic E-state index is 0.661. The first-order chi connectivity index (χ1) is 11.8. The maximum atomic E-state index is 5.38. The van der Waals surface area contributed by atoms with Crippen LogP contribution in [0.2, 0.25) is 0 Å². The fraction of sp³-hybridized carbons (Fsp3) is 0.632. The molecule has 5 heteroatoms. The standard InChI is InChI=1S/C19H31N3O2/c1-3-24-14-4-12-20-19(21-13-11-16-5-6-16)22-15-17-7-9-18(23-2)10-8-17/h7-10,16H,3-6,11-15H2,1-2H3,(H2,20,21,22). The first-order valence-electron chi connectivity index (χ1n) is 9.04. The maximum absolute atomic E-state index is 5.38. The molecule has 0 aromatic heterocycles. The van der Waals surface area contributed by atoms with Crippen LogP contribution in [0.25, 0.3) is 0 Å². The fourth-order valence-corrected chi connectivity index (χ4v) is 2.40. The van der Waals surface area contributed by atoms with E-state index in [1.165, 1.54) is 24.8 Å². The van der Waals surface area contributed by atoms with Gasteiger partial charge in [0.05, 0.1) is 13.7 Å². The topological polar surface area (TPSA) is 54.9 Å². The molecule has 0 heterocycles. The molecule has 1 aromatic rings. The fourth-order valence-electron chi connectivity index (χ4n) is 2.40. The summed E-state index contributed by atoms with van der Waals surface area (Å²) in [6.45, 7) is 6.11. The molecule has 0 aliphatic heterocycles. The van der Waals surface area contributed by atoms with Crippen molar-refractivity contribution in [2.45, 2.75) is 39.2 Å². The van der Waals surface area contributed by atoms with Gasteiger partial charge in [-0.25, -0.2) is 4.99 Å². The van der Waals surface area contributed by atoms with E-state index in [0.717, 1.165) is 50.4 Å². The molecule has 0 bridgehead atoms. The summed E-state index contributed by atoms with van der Waals surface area (Å²) in [6, 6.07) is 8.06. The zero-order chi connectivity index (χ0) is 17.0.